The van der Waals surface area contributed by atoms with Gasteiger partial charge >= 0.3 is 0 Å². The highest BCUT2D eigenvalue weighted by molar-refractivity contribution is 7.89. The van der Waals surface area contributed by atoms with E-state index in [9.17, 15) is 18.5 Å². The summed E-state index contributed by atoms with van der Waals surface area (Å²) in [7, 11) is -3.92. The number of nitrogens with two attached hydrogens (primary N) is 1. The Morgan fingerprint density at radius 1 is 1.40 bits per heavy atom. The number of hydrogen-bond acceptors (Lipinski definition) is 5. The summed E-state index contributed by atoms with van der Waals surface area (Å²) >= 11 is 0. The Morgan fingerprint density at radius 2 is 2.10 bits per heavy atom. The zero-order valence-corrected chi connectivity index (χ0v) is 11.9. The van der Waals surface area contributed by atoms with Gasteiger partial charge in [-0.1, -0.05) is 13.3 Å². The van der Waals surface area contributed by atoms with Crippen LogP contribution >= 0.6 is 0 Å². The molecule has 1 fully saturated rings. The predicted octanol–water partition coefficient (Wildman–Crippen LogP) is 1.84. The number of hydrogen-bond donors (Lipinski definition) is 2. The summed E-state index contributed by atoms with van der Waals surface area (Å²) in [4.78, 5) is 10.1. The van der Waals surface area contributed by atoms with Gasteiger partial charge in [0.15, 0.2) is 0 Å². The van der Waals surface area contributed by atoms with Gasteiger partial charge < -0.3 is 5.32 Å². The number of nitrogens with zero attached hydrogens (tertiary/aromatic N) is 1. The molecule has 0 radical (unpaired) electrons. The van der Waals surface area contributed by atoms with Crippen molar-refractivity contribution in [2.24, 2.45) is 11.1 Å². The van der Waals surface area contributed by atoms with Crippen LogP contribution in [0.1, 0.15) is 26.2 Å². The Morgan fingerprint density at radius 3 is 2.60 bits per heavy atom. The number of rotatable bonds is 4. The summed E-state index contributed by atoms with van der Waals surface area (Å²) in [5.41, 5.74) is 0.0472. The molecule has 110 valence electrons. The maximum absolute atomic E-state index is 11.6. The monoisotopic (exact) mass is 299 g/mol. The van der Waals surface area contributed by atoms with Gasteiger partial charge in [-0.25, -0.2) is 13.6 Å². The first kappa shape index (κ1) is 14.7. The van der Waals surface area contributed by atoms with Crippen molar-refractivity contribution < 1.29 is 13.3 Å². The van der Waals surface area contributed by atoms with E-state index < -0.39 is 14.9 Å². The first-order chi connectivity index (χ1) is 9.29. The van der Waals surface area contributed by atoms with Crippen LogP contribution in [-0.2, 0) is 10.0 Å². The molecule has 0 spiro atoms. The van der Waals surface area contributed by atoms with Crippen LogP contribution in [0.5, 0.6) is 0 Å². The van der Waals surface area contributed by atoms with Crippen molar-refractivity contribution in [1.82, 2.24) is 0 Å². The average Bonchev–Trinajstić information content (AvgIpc) is 2.73. The third kappa shape index (κ3) is 3.07. The Kier molecular flexibility index (Phi) is 3.96. The minimum absolute atomic E-state index is 0.109. The van der Waals surface area contributed by atoms with Gasteiger partial charge in [0.2, 0.25) is 10.0 Å². The number of nitro groups is 1. The fraction of sp³-hybridized carbons (Fsp3) is 0.500. The van der Waals surface area contributed by atoms with Crippen LogP contribution in [0.25, 0.3) is 0 Å². The zero-order chi connectivity index (χ0) is 14.9. The van der Waals surface area contributed by atoms with Crippen molar-refractivity contribution in [1.29, 1.82) is 0 Å². The quantitative estimate of drug-likeness (QED) is 0.650. The van der Waals surface area contributed by atoms with E-state index in [1.165, 1.54) is 12.1 Å². The molecule has 0 heterocycles. The highest BCUT2D eigenvalue weighted by atomic mass is 32.2. The molecule has 7 nitrogen and oxygen atoms in total. The van der Waals surface area contributed by atoms with Crippen molar-refractivity contribution in [3.63, 3.8) is 0 Å². The number of sulfonamides is 1. The highest BCUT2D eigenvalue weighted by Crippen LogP contribution is 2.32. The summed E-state index contributed by atoms with van der Waals surface area (Å²) < 4.78 is 23.1. The van der Waals surface area contributed by atoms with Crippen LogP contribution in [0.4, 0.5) is 11.4 Å². The number of nitro benzene ring substituents is 1. The molecule has 20 heavy (non-hydrogen) atoms. The summed E-state index contributed by atoms with van der Waals surface area (Å²) in [6.45, 7) is 2.07. The second-order valence-corrected chi connectivity index (χ2v) is 6.67. The fourth-order valence-corrected chi connectivity index (χ4v) is 3.23. The van der Waals surface area contributed by atoms with Gasteiger partial charge in [-0.3, -0.25) is 10.1 Å². The molecule has 8 heteroatoms. The lowest BCUT2D eigenvalue weighted by Gasteiger charge is -2.20. The Bertz CT molecular complexity index is 630. The molecule has 0 bridgehead atoms. The van der Waals surface area contributed by atoms with Crippen LogP contribution in [0, 0.1) is 16.0 Å². The summed E-state index contributed by atoms with van der Waals surface area (Å²) in [6.07, 6.45) is 3.02. The Labute approximate surface area is 117 Å². The minimum Gasteiger partial charge on any atom is -0.381 e. The van der Waals surface area contributed by atoms with Gasteiger partial charge in [-0.2, -0.15) is 0 Å². The van der Waals surface area contributed by atoms with Gasteiger partial charge in [-0.05, 0) is 24.8 Å². The van der Waals surface area contributed by atoms with Crippen molar-refractivity contribution in [3.8, 4) is 0 Å². The third-order valence-electron chi connectivity index (χ3n) is 3.68. The van der Waals surface area contributed by atoms with E-state index in [2.05, 4.69) is 12.2 Å². The first-order valence-corrected chi connectivity index (χ1v) is 7.91. The molecule has 0 unspecified atom stereocenters. The van der Waals surface area contributed by atoms with Crippen molar-refractivity contribution in [3.05, 3.63) is 28.3 Å². The number of anilines is 1. The summed E-state index contributed by atoms with van der Waals surface area (Å²) in [5.74, 6) is 0.391. The van der Waals surface area contributed by atoms with E-state index in [-0.39, 0.29) is 22.3 Å². The number of nitrogens with one attached hydrogen (secondary N) is 1. The van der Waals surface area contributed by atoms with E-state index in [1.54, 1.807) is 0 Å². The van der Waals surface area contributed by atoms with E-state index in [4.69, 9.17) is 5.14 Å². The predicted molar refractivity (Wildman–Crippen MR) is 74.9 cm³/mol. The van der Waals surface area contributed by atoms with Crippen LogP contribution in [0.15, 0.2) is 23.1 Å². The lowest BCUT2D eigenvalue weighted by molar-refractivity contribution is -0.384. The SMILES string of the molecule is C[C@H]1CCC[C@H]1Nc1cc([N+](=O)[O-])ccc1S(N)(=O)=O. The Balaban J connectivity index is 2.41. The number of benzene rings is 1. The summed E-state index contributed by atoms with van der Waals surface area (Å²) in [5, 5.41) is 19.1. The average molecular weight is 299 g/mol. The fourth-order valence-electron chi connectivity index (χ4n) is 2.55. The largest absolute Gasteiger partial charge is 0.381 e. The van der Waals surface area contributed by atoms with Crippen LogP contribution in [-0.4, -0.2) is 19.4 Å². The molecule has 0 aliphatic heterocycles. The third-order valence-corrected chi connectivity index (χ3v) is 4.65. The highest BCUT2D eigenvalue weighted by Gasteiger charge is 2.26. The maximum Gasteiger partial charge on any atom is 0.271 e. The lowest BCUT2D eigenvalue weighted by Crippen LogP contribution is -2.24. The molecule has 1 aliphatic carbocycles. The lowest BCUT2D eigenvalue weighted by atomic mass is 10.1. The zero-order valence-electron chi connectivity index (χ0n) is 11.1. The van der Waals surface area contributed by atoms with E-state index in [1.807, 2.05) is 0 Å². The van der Waals surface area contributed by atoms with Crippen molar-refractivity contribution in [2.75, 3.05) is 5.32 Å². The van der Waals surface area contributed by atoms with E-state index in [0.717, 1.165) is 25.3 Å². The molecule has 3 N–H and O–H groups in total. The van der Waals surface area contributed by atoms with E-state index >= 15 is 0 Å². The van der Waals surface area contributed by atoms with Gasteiger partial charge in [-0.15, -0.1) is 0 Å². The molecular weight excluding hydrogens is 282 g/mol. The van der Waals surface area contributed by atoms with Gasteiger partial charge in [0.1, 0.15) is 4.90 Å². The normalized spacial score (nSPS) is 22.7. The van der Waals surface area contributed by atoms with Crippen molar-refractivity contribution in [2.45, 2.75) is 37.1 Å². The van der Waals surface area contributed by atoms with Crippen molar-refractivity contribution >= 4 is 21.4 Å². The molecule has 1 aromatic rings. The molecule has 0 amide bonds. The second kappa shape index (κ2) is 5.37. The molecule has 1 saturated carbocycles. The maximum atomic E-state index is 11.6. The Hall–Kier alpha value is -1.67. The van der Waals surface area contributed by atoms with E-state index in [0.29, 0.717) is 5.92 Å². The summed E-state index contributed by atoms with van der Waals surface area (Å²) in [6, 6.07) is 3.65. The van der Waals surface area contributed by atoms with Crippen LogP contribution in [0.3, 0.4) is 0 Å². The van der Waals surface area contributed by atoms with Gasteiger partial charge in [0, 0.05) is 18.2 Å². The standard InChI is InChI=1S/C12H17N3O4S/c1-8-3-2-4-10(8)14-11-7-9(15(16)17)5-6-12(11)20(13,18)19/h5-8,10,14H,2-4H2,1H3,(H2,13,18,19)/t8-,10+/m0/s1. The smallest absolute Gasteiger partial charge is 0.271 e. The topological polar surface area (TPSA) is 115 Å². The molecular formula is C12H17N3O4S. The van der Waals surface area contributed by atoms with Crippen LogP contribution in [0.2, 0.25) is 0 Å². The number of primary sulfonamides is 1. The molecule has 2 rings (SSSR count). The molecule has 0 saturated heterocycles. The molecule has 1 aromatic carbocycles. The minimum atomic E-state index is -3.92. The van der Waals surface area contributed by atoms with Gasteiger partial charge in [0.25, 0.3) is 5.69 Å². The van der Waals surface area contributed by atoms with Crippen LogP contribution < -0.4 is 10.5 Å². The number of non-ortho nitro benzene ring substituents is 1. The van der Waals surface area contributed by atoms with Gasteiger partial charge in [0.05, 0.1) is 10.6 Å². The molecule has 2 atom stereocenters. The molecule has 0 aromatic heterocycles. The second-order valence-electron chi connectivity index (χ2n) is 5.14. The first-order valence-electron chi connectivity index (χ1n) is 6.37. The molecule has 1 aliphatic rings.